The van der Waals surface area contributed by atoms with Gasteiger partial charge in [0, 0.05) is 19.5 Å². The van der Waals surface area contributed by atoms with Crippen molar-refractivity contribution < 1.29 is 14.3 Å². The molecular formula is C12H18N2O3. The van der Waals surface area contributed by atoms with E-state index < -0.39 is 5.60 Å². The third kappa shape index (κ3) is 2.44. The molecule has 0 saturated heterocycles. The number of Topliss-reactive ketones (excluding diaryl/α,β-unsaturated/α-hetero) is 1. The summed E-state index contributed by atoms with van der Waals surface area (Å²) in [5.74, 6) is 0.0516. The maximum atomic E-state index is 12.4. The molecule has 0 atom stereocenters. The summed E-state index contributed by atoms with van der Waals surface area (Å²) in [5.41, 5.74) is -0.621. The fraction of sp³-hybridized carbons (Fsp3) is 0.583. The molecular weight excluding hydrogens is 220 g/mol. The lowest BCUT2D eigenvalue weighted by atomic mass is 9.90. The molecule has 17 heavy (non-hydrogen) atoms. The lowest BCUT2D eigenvalue weighted by Crippen LogP contribution is -2.40. The molecule has 0 bridgehead atoms. The van der Waals surface area contributed by atoms with Crippen LogP contribution in [0.4, 0.5) is 0 Å². The van der Waals surface area contributed by atoms with Crippen LogP contribution in [0.5, 0.6) is 5.88 Å². The highest BCUT2D eigenvalue weighted by Gasteiger charge is 2.38. The van der Waals surface area contributed by atoms with E-state index in [0.717, 1.165) is 0 Å². The Hall–Kier alpha value is -1.49. The average Bonchev–Trinajstić information content (AvgIpc) is 2.41. The van der Waals surface area contributed by atoms with E-state index in [9.17, 15) is 4.79 Å². The molecule has 0 amide bonds. The number of hydrogen-bond acceptors (Lipinski definition) is 5. The second-order valence-electron chi connectivity index (χ2n) is 3.65. The van der Waals surface area contributed by atoms with E-state index in [-0.39, 0.29) is 17.4 Å². The standard InChI is InChI=1S/C12H18N2O3/c1-5-12(6-2,17-4)10(15)9-11(16-3)14-8-7-13-9/h7-8H,5-6H2,1-4H3. The predicted molar refractivity (Wildman–Crippen MR) is 63.2 cm³/mol. The molecule has 0 N–H and O–H groups in total. The molecule has 5 heteroatoms. The molecule has 1 heterocycles. The second kappa shape index (κ2) is 5.72. The molecule has 1 aromatic heterocycles. The van der Waals surface area contributed by atoms with Crippen molar-refractivity contribution in [3.63, 3.8) is 0 Å². The van der Waals surface area contributed by atoms with Crippen molar-refractivity contribution in [2.24, 2.45) is 0 Å². The monoisotopic (exact) mass is 238 g/mol. The second-order valence-corrected chi connectivity index (χ2v) is 3.65. The number of ketones is 1. The van der Waals surface area contributed by atoms with Crippen molar-refractivity contribution in [2.45, 2.75) is 32.3 Å². The third-order valence-corrected chi connectivity index (χ3v) is 3.02. The van der Waals surface area contributed by atoms with Gasteiger partial charge >= 0.3 is 0 Å². The number of carbonyl (C=O) groups is 1. The highest BCUT2D eigenvalue weighted by atomic mass is 16.5. The zero-order valence-corrected chi connectivity index (χ0v) is 10.7. The van der Waals surface area contributed by atoms with Crippen LogP contribution in [0.1, 0.15) is 37.2 Å². The summed E-state index contributed by atoms with van der Waals surface area (Å²) in [7, 11) is 3.00. The van der Waals surface area contributed by atoms with Gasteiger partial charge in [-0.15, -0.1) is 0 Å². The minimum Gasteiger partial charge on any atom is -0.479 e. The first-order chi connectivity index (χ1) is 8.15. The zero-order valence-electron chi connectivity index (χ0n) is 10.7. The van der Waals surface area contributed by atoms with Crippen LogP contribution >= 0.6 is 0 Å². The lowest BCUT2D eigenvalue weighted by Gasteiger charge is -2.28. The summed E-state index contributed by atoms with van der Waals surface area (Å²) < 4.78 is 10.4. The molecule has 1 rings (SSSR count). The highest BCUT2D eigenvalue weighted by molar-refractivity contribution is 6.02. The Morgan fingerprint density at radius 1 is 1.24 bits per heavy atom. The van der Waals surface area contributed by atoms with Gasteiger partial charge in [0.05, 0.1) is 7.11 Å². The summed E-state index contributed by atoms with van der Waals surface area (Å²) in [4.78, 5) is 20.4. The summed E-state index contributed by atoms with van der Waals surface area (Å²) in [5, 5.41) is 0. The zero-order chi connectivity index (χ0) is 12.9. The molecule has 0 aliphatic rings. The Balaban J connectivity index is 3.18. The average molecular weight is 238 g/mol. The van der Waals surface area contributed by atoms with Crippen molar-refractivity contribution in [1.82, 2.24) is 9.97 Å². The topological polar surface area (TPSA) is 61.3 Å². The van der Waals surface area contributed by atoms with Crippen molar-refractivity contribution in [3.8, 4) is 5.88 Å². The number of hydrogen-bond donors (Lipinski definition) is 0. The maximum absolute atomic E-state index is 12.4. The Bertz CT molecular complexity index is 381. The Morgan fingerprint density at radius 3 is 2.29 bits per heavy atom. The molecule has 0 fully saturated rings. The third-order valence-electron chi connectivity index (χ3n) is 3.02. The maximum Gasteiger partial charge on any atom is 0.243 e. The number of rotatable bonds is 6. The smallest absolute Gasteiger partial charge is 0.243 e. The summed E-state index contributed by atoms with van der Waals surface area (Å²) in [6.07, 6.45) is 4.13. The van der Waals surface area contributed by atoms with E-state index in [1.807, 2.05) is 13.8 Å². The van der Waals surface area contributed by atoms with Crippen molar-refractivity contribution in [2.75, 3.05) is 14.2 Å². The molecule has 0 aliphatic carbocycles. The first-order valence-electron chi connectivity index (χ1n) is 5.60. The largest absolute Gasteiger partial charge is 0.479 e. The van der Waals surface area contributed by atoms with Crippen LogP contribution in [-0.4, -0.2) is 35.6 Å². The minimum absolute atomic E-state index is 0.185. The normalized spacial score (nSPS) is 11.3. The Labute approximate surface area is 101 Å². The Kier molecular flexibility index (Phi) is 4.57. The van der Waals surface area contributed by atoms with Crippen LogP contribution in [0.3, 0.4) is 0 Å². The van der Waals surface area contributed by atoms with Crippen molar-refractivity contribution >= 4 is 5.78 Å². The highest BCUT2D eigenvalue weighted by Crippen LogP contribution is 2.27. The molecule has 5 nitrogen and oxygen atoms in total. The minimum atomic E-state index is -0.844. The molecule has 94 valence electrons. The van der Waals surface area contributed by atoms with Gasteiger partial charge in [-0.25, -0.2) is 9.97 Å². The van der Waals surface area contributed by atoms with Gasteiger partial charge in [-0.3, -0.25) is 4.79 Å². The summed E-state index contributed by atoms with van der Waals surface area (Å²) >= 11 is 0. The van der Waals surface area contributed by atoms with Crippen LogP contribution in [0.2, 0.25) is 0 Å². The van der Waals surface area contributed by atoms with Crippen LogP contribution in [0.15, 0.2) is 12.4 Å². The van der Waals surface area contributed by atoms with Gasteiger partial charge in [0.15, 0.2) is 5.69 Å². The van der Waals surface area contributed by atoms with Gasteiger partial charge in [-0.1, -0.05) is 13.8 Å². The quantitative estimate of drug-likeness (QED) is 0.708. The van der Waals surface area contributed by atoms with Crippen LogP contribution in [0, 0.1) is 0 Å². The molecule has 0 radical (unpaired) electrons. The number of nitrogens with zero attached hydrogens (tertiary/aromatic N) is 2. The van der Waals surface area contributed by atoms with Gasteiger partial charge in [-0.05, 0) is 12.8 Å². The fourth-order valence-electron chi connectivity index (χ4n) is 1.80. The van der Waals surface area contributed by atoms with E-state index in [4.69, 9.17) is 9.47 Å². The van der Waals surface area contributed by atoms with Crippen LogP contribution in [-0.2, 0) is 4.74 Å². The van der Waals surface area contributed by atoms with E-state index in [2.05, 4.69) is 9.97 Å². The number of methoxy groups -OCH3 is 2. The number of ether oxygens (including phenoxy) is 2. The molecule has 1 aromatic rings. The molecule has 0 aliphatic heterocycles. The van der Waals surface area contributed by atoms with Gasteiger partial charge < -0.3 is 9.47 Å². The Morgan fingerprint density at radius 2 is 1.82 bits per heavy atom. The SMILES string of the molecule is CCC(CC)(OC)C(=O)c1nccnc1OC. The summed E-state index contributed by atoms with van der Waals surface area (Å²) in [6, 6.07) is 0. The molecule has 0 spiro atoms. The molecule has 0 aromatic carbocycles. The van der Waals surface area contributed by atoms with E-state index >= 15 is 0 Å². The fourth-order valence-corrected chi connectivity index (χ4v) is 1.80. The van der Waals surface area contributed by atoms with E-state index in [0.29, 0.717) is 12.8 Å². The van der Waals surface area contributed by atoms with E-state index in [1.165, 1.54) is 26.6 Å². The summed E-state index contributed by atoms with van der Waals surface area (Å²) in [6.45, 7) is 3.82. The van der Waals surface area contributed by atoms with Crippen molar-refractivity contribution in [1.29, 1.82) is 0 Å². The number of carbonyl (C=O) groups excluding carboxylic acids is 1. The van der Waals surface area contributed by atoms with Crippen LogP contribution in [0.25, 0.3) is 0 Å². The lowest BCUT2D eigenvalue weighted by molar-refractivity contribution is -0.00329. The van der Waals surface area contributed by atoms with Crippen molar-refractivity contribution in [3.05, 3.63) is 18.1 Å². The van der Waals surface area contributed by atoms with Gasteiger partial charge in [0.2, 0.25) is 11.7 Å². The first kappa shape index (κ1) is 13.6. The predicted octanol–water partition coefficient (Wildman–Crippen LogP) is 1.87. The van der Waals surface area contributed by atoms with Gasteiger partial charge in [0.25, 0.3) is 0 Å². The molecule has 0 saturated carbocycles. The van der Waals surface area contributed by atoms with Crippen LogP contribution < -0.4 is 4.74 Å². The van der Waals surface area contributed by atoms with Gasteiger partial charge in [0.1, 0.15) is 5.60 Å². The number of aromatic nitrogens is 2. The van der Waals surface area contributed by atoms with Gasteiger partial charge in [-0.2, -0.15) is 0 Å². The molecule has 0 unspecified atom stereocenters. The first-order valence-corrected chi connectivity index (χ1v) is 5.60. The van der Waals surface area contributed by atoms with E-state index in [1.54, 1.807) is 0 Å².